The monoisotopic (exact) mass is 396 g/mol. The standard InChI is InChI=1S/C25H20N2O3/c28-23-11-5-8-20-21(23)9-4-10-22(20)27-25(30)19-14-12-17(13-15-19)16-26-24(29)18-6-2-1-3-7-18/h1-15,28H,16H2,(H,26,29)(H,27,30). The molecule has 0 unspecified atom stereocenters. The number of carbonyl (C=O) groups is 2. The highest BCUT2D eigenvalue weighted by molar-refractivity contribution is 6.09. The molecule has 0 aliphatic heterocycles. The van der Waals surface area contributed by atoms with Crippen molar-refractivity contribution >= 4 is 28.3 Å². The van der Waals surface area contributed by atoms with Gasteiger partial charge in [0.05, 0.1) is 0 Å². The van der Waals surface area contributed by atoms with Crippen LogP contribution in [-0.4, -0.2) is 16.9 Å². The lowest BCUT2D eigenvalue weighted by Gasteiger charge is -2.10. The molecule has 0 aliphatic carbocycles. The Morgan fingerprint density at radius 1 is 0.667 bits per heavy atom. The van der Waals surface area contributed by atoms with Gasteiger partial charge in [-0.05, 0) is 42.0 Å². The first-order valence-electron chi connectivity index (χ1n) is 9.56. The van der Waals surface area contributed by atoms with Crippen LogP contribution in [0.25, 0.3) is 10.8 Å². The third-order valence-electron chi connectivity index (χ3n) is 4.85. The second kappa shape index (κ2) is 8.49. The van der Waals surface area contributed by atoms with E-state index in [1.165, 1.54) is 0 Å². The molecule has 0 aliphatic rings. The summed E-state index contributed by atoms with van der Waals surface area (Å²) in [6.07, 6.45) is 0. The molecule has 30 heavy (non-hydrogen) atoms. The fraction of sp³-hybridized carbons (Fsp3) is 0.0400. The molecule has 4 aromatic carbocycles. The van der Waals surface area contributed by atoms with Gasteiger partial charge in [0.2, 0.25) is 0 Å². The van der Waals surface area contributed by atoms with Crippen LogP contribution in [0.2, 0.25) is 0 Å². The number of phenols is 1. The van der Waals surface area contributed by atoms with E-state index in [1.54, 1.807) is 54.6 Å². The van der Waals surface area contributed by atoms with Gasteiger partial charge in [-0.3, -0.25) is 9.59 Å². The molecule has 0 radical (unpaired) electrons. The van der Waals surface area contributed by atoms with Gasteiger partial charge in [0.1, 0.15) is 5.75 Å². The first kappa shape index (κ1) is 19.2. The normalized spacial score (nSPS) is 10.5. The number of nitrogens with one attached hydrogen (secondary N) is 2. The van der Waals surface area contributed by atoms with E-state index in [4.69, 9.17) is 0 Å². The van der Waals surface area contributed by atoms with E-state index in [9.17, 15) is 14.7 Å². The van der Waals surface area contributed by atoms with Crippen molar-refractivity contribution in [3.8, 4) is 5.75 Å². The van der Waals surface area contributed by atoms with E-state index in [0.717, 1.165) is 10.9 Å². The Hall–Kier alpha value is -4.12. The Morgan fingerprint density at radius 2 is 1.33 bits per heavy atom. The molecule has 0 saturated carbocycles. The summed E-state index contributed by atoms with van der Waals surface area (Å²) in [4.78, 5) is 24.8. The maximum absolute atomic E-state index is 12.7. The third-order valence-corrected chi connectivity index (χ3v) is 4.85. The van der Waals surface area contributed by atoms with Crippen LogP contribution in [0, 0.1) is 0 Å². The van der Waals surface area contributed by atoms with Gasteiger partial charge in [-0.1, -0.05) is 54.6 Å². The smallest absolute Gasteiger partial charge is 0.255 e. The molecular formula is C25H20N2O3. The summed E-state index contributed by atoms with van der Waals surface area (Å²) in [5.41, 5.74) is 2.64. The topological polar surface area (TPSA) is 78.4 Å². The van der Waals surface area contributed by atoms with E-state index >= 15 is 0 Å². The van der Waals surface area contributed by atoms with Crippen LogP contribution in [0.5, 0.6) is 5.75 Å². The molecule has 0 heterocycles. The number of fused-ring (bicyclic) bond motifs is 1. The fourth-order valence-electron chi connectivity index (χ4n) is 3.24. The molecule has 2 amide bonds. The molecule has 3 N–H and O–H groups in total. The second-order valence-corrected chi connectivity index (χ2v) is 6.88. The first-order valence-corrected chi connectivity index (χ1v) is 9.56. The van der Waals surface area contributed by atoms with E-state index < -0.39 is 0 Å². The van der Waals surface area contributed by atoms with Gasteiger partial charge < -0.3 is 15.7 Å². The van der Waals surface area contributed by atoms with Crippen LogP contribution in [0.15, 0.2) is 91.0 Å². The number of hydrogen-bond donors (Lipinski definition) is 3. The lowest BCUT2D eigenvalue weighted by molar-refractivity contribution is 0.0949. The van der Waals surface area contributed by atoms with Crippen molar-refractivity contribution in [1.29, 1.82) is 0 Å². The van der Waals surface area contributed by atoms with Gasteiger partial charge in [-0.15, -0.1) is 0 Å². The van der Waals surface area contributed by atoms with E-state index in [1.807, 2.05) is 36.4 Å². The Labute approximate surface area is 174 Å². The number of phenolic OH excluding ortho intramolecular Hbond substituents is 1. The molecule has 0 spiro atoms. The molecule has 5 heteroatoms. The zero-order valence-corrected chi connectivity index (χ0v) is 16.1. The molecule has 148 valence electrons. The van der Waals surface area contributed by atoms with E-state index in [-0.39, 0.29) is 17.6 Å². The molecule has 4 aromatic rings. The minimum absolute atomic E-state index is 0.142. The van der Waals surface area contributed by atoms with Crippen molar-refractivity contribution in [3.05, 3.63) is 108 Å². The molecule has 4 rings (SSSR count). The molecule has 0 aromatic heterocycles. The van der Waals surface area contributed by atoms with Crippen LogP contribution >= 0.6 is 0 Å². The van der Waals surface area contributed by atoms with Gasteiger partial charge in [0.25, 0.3) is 11.8 Å². The number of hydrogen-bond acceptors (Lipinski definition) is 3. The van der Waals surface area contributed by atoms with Gasteiger partial charge in [-0.25, -0.2) is 0 Å². The summed E-state index contributed by atoms with van der Waals surface area (Å²) in [6.45, 7) is 0.373. The number of amides is 2. The fourth-order valence-corrected chi connectivity index (χ4v) is 3.24. The van der Waals surface area contributed by atoms with Crippen LogP contribution < -0.4 is 10.6 Å². The Bertz CT molecular complexity index is 1200. The molecule has 0 fully saturated rings. The van der Waals surface area contributed by atoms with Crippen molar-refractivity contribution in [2.45, 2.75) is 6.54 Å². The molecule has 0 bridgehead atoms. The van der Waals surface area contributed by atoms with Gasteiger partial charge in [0.15, 0.2) is 0 Å². The predicted molar refractivity (Wildman–Crippen MR) is 118 cm³/mol. The highest BCUT2D eigenvalue weighted by Gasteiger charge is 2.10. The van der Waals surface area contributed by atoms with Gasteiger partial charge in [0, 0.05) is 34.1 Å². The molecule has 5 nitrogen and oxygen atoms in total. The largest absolute Gasteiger partial charge is 0.507 e. The minimum Gasteiger partial charge on any atom is -0.507 e. The maximum Gasteiger partial charge on any atom is 0.255 e. The van der Waals surface area contributed by atoms with Crippen LogP contribution in [0.3, 0.4) is 0 Å². The minimum atomic E-state index is -0.245. The summed E-state index contributed by atoms with van der Waals surface area (Å²) < 4.78 is 0. The van der Waals surface area contributed by atoms with Crippen molar-refractivity contribution in [1.82, 2.24) is 5.32 Å². The highest BCUT2D eigenvalue weighted by Crippen LogP contribution is 2.30. The summed E-state index contributed by atoms with van der Waals surface area (Å²) in [5, 5.41) is 17.2. The molecular weight excluding hydrogens is 376 g/mol. The lowest BCUT2D eigenvalue weighted by atomic mass is 10.1. The third kappa shape index (κ3) is 4.15. The van der Waals surface area contributed by atoms with E-state index in [0.29, 0.717) is 28.7 Å². The van der Waals surface area contributed by atoms with Crippen molar-refractivity contribution in [2.75, 3.05) is 5.32 Å². The quantitative estimate of drug-likeness (QED) is 0.456. The molecule has 0 saturated heterocycles. The number of rotatable bonds is 5. The number of anilines is 1. The Morgan fingerprint density at radius 3 is 2.10 bits per heavy atom. The zero-order valence-electron chi connectivity index (χ0n) is 16.1. The highest BCUT2D eigenvalue weighted by atomic mass is 16.3. The average Bonchev–Trinajstić information content (AvgIpc) is 2.79. The summed E-state index contributed by atoms with van der Waals surface area (Å²) in [7, 11) is 0. The zero-order chi connectivity index (χ0) is 20.9. The summed E-state index contributed by atoms with van der Waals surface area (Å²) >= 11 is 0. The van der Waals surface area contributed by atoms with E-state index in [2.05, 4.69) is 10.6 Å². The summed E-state index contributed by atoms with van der Waals surface area (Å²) in [5.74, 6) is -0.215. The van der Waals surface area contributed by atoms with Crippen LogP contribution in [0.4, 0.5) is 5.69 Å². The maximum atomic E-state index is 12.7. The second-order valence-electron chi connectivity index (χ2n) is 6.88. The predicted octanol–water partition coefficient (Wildman–Crippen LogP) is 4.73. The lowest BCUT2D eigenvalue weighted by Crippen LogP contribution is -2.22. The molecule has 0 atom stereocenters. The Kier molecular flexibility index (Phi) is 5.44. The summed E-state index contributed by atoms with van der Waals surface area (Å²) in [6, 6.07) is 26.7. The number of aromatic hydroxyl groups is 1. The van der Waals surface area contributed by atoms with Crippen molar-refractivity contribution in [3.63, 3.8) is 0 Å². The number of benzene rings is 4. The van der Waals surface area contributed by atoms with Gasteiger partial charge in [-0.2, -0.15) is 0 Å². The first-order chi connectivity index (χ1) is 14.6. The van der Waals surface area contributed by atoms with Crippen molar-refractivity contribution in [2.24, 2.45) is 0 Å². The van der Waals surface area contributed by atoms with Gasteiger partial charge >= 0.3 is 0 Å². The Balaban J connectivity index is 1.42. The SMILES string of the molecule is O=C(NCc1ccc(C(=O)Nc2cccc3c(O)cccc23)cc1)c1ccccc1. The van der Waals surface area contributed by atoms with Crippen LogP contribution in [0.1, 0.15) is 26.3 Å². The average molecular weight is 396 g/mol. The van der Waals surface area contributed by atoms with Crippen LogP contribution in [-0.2, 0) is 6.54 Å². The number of carbonyl (C=O) groups excluding carboxylic acids is 2. The van der Waals surface area contributed by atoms with Crippen molar-refractivity contribution < 1.29 is 14.7 Å².